The number of oxime groups is 1. The highest BCUT2D eigenvalue weighted by atomic mass is 32.5. The molecule has 2 heterocycles. The molecule has 1 fully saturated rings. The SMILES string of the molecule is CCOP(=S)(OCC)OC(=O)/C(=N\OC1CCCCO1)c1csc(N)n1. The maximum atomic E-state index is 12.6. The van der Waals surface area contributed by atoms with E-state index in [2.05, 4.69) is 10.1 Å². The Morgan fingerprint density at radius 3 is 2.73 bits per heavy atom. The Morgan fingerprint density at radius 1 is 1.46 bits per heavy atom. The molecule has 1 saturated heterocycles. The second kappa shape index (κ2) is 10.3. The van der Waals surface area contributed by atoms with Crippen molar-refractivity contribution in [2.45, 2.75) is 39.4 Å². The molecular weight excluding hydrogens is 401 g/mol. The first-order valence-electron chi connectivity index (χ1n) is 8.17. The number of thiazole rings is 1. The molecule has 1 aromatic rings. The Morgan fingerprint density at radius 2 is 2.19 bits per heavy atom. The van der Waals surface area contributed by atoms with E-state index in [0.29, 0.717) is 13.0 Å². The summed E-state index contributed by atoms with van der Waals surface area (Å²) in [7, 11) is 0. The smallest absolute Gasteiger partial charge is 0.383 e. The van der Waals surface area contributed by atoms with Gasteiger partial charge in [0.1, 0.15) is 5.69 Å². The van der Waals surface area contributed by atoms with Gasteiger partial charge in [0.2, 0.25) is 12.0 Å². The number of ether oxygens (including phenoxy) is 1. The molecule has 9 nitrogen and oxygen atoms in total. The van der Waals surface area contributed by atoms with Crippen molar-refractivity contribution in [3.05, 3.63) is 11.1 Å². The van der Waals surface area contributed by atoms with Gasteiger partial charge in [-0.25, -0.2) is 9.78 Å². The minimum Gasteiger partial charge on any atom is -0.386 e. The van der Waals surface area contributed by atoms with Gasteiger partial charge in [0, 0.05) is 23.6 Å². The second-order valence-corrected chi connectivity index (χ2v) is 8.90. The molecule has 1 atom stereocenters. The molecule has 0 spiro atoms. The number of anilines is 1. The number of nitrogens with two attached hydrogens (primary N) is 1. The molecule has 2 rings (SSSR count). The molecule has 0 bridgehead atoms. The first kappa shape index (κ1) is 21.2. The van der Waals surface area contributed by atoms with E-state index in [1.165, 1.54) is 0 Å². The molecule has 1 unspecified atom stereocenters. The highest BCUT2D eigenvalue weighted by Gasteiger charge is 2.30. The van der Waals surface area contributed by atoms with Crippen LogP contribution >= 0.6 is 18.1 Å². The fourth-order valence-electron chi connectivity index (χ4n) is 2.04. The van der Waals surface area contributed by atoms with E-state index in [0.717, 1.165) is 24.2 Å². The molecule has 12 heteroatoms. The minimum absolute atomic E-state index is 0.166. The van der Waals surface area contributed by atoms with E-state index in [1.807, 2.05) is 0 Å². The van der Waals surface area contributed by atoms with Gasteiger partial charge in [-0.3, -0.25) is 9.05 Å². The lowest BCUT2D eigenvalue weighted by atomic mass is 10.2. The van der Waals surface area contributed by atoms with E-state index in [1.54, 1.807) is 19.2 Å². The van der Waals surface area contributed by atoms with Crippen LogP contribution in [-0.2, 0) is 39.7 Å². The Labute approximate surface area is 161 Å². The van der Waals surface area contributed by atoms with Crippen molar-refractivity contribution >= 4 is 46.7 Å². The first-order valence-corrected chi connectivity index (χ1v) is 11.6. The molecule has 0 aromatic carbocycles. The summed E-state index contributed by atoms with van der Waals surface area (Å²) in [5, 5.41) is 5.76. The quantitative estimate of drug-likeness (QED) is 0.364. The third kappa shape index (κ3) is 6.26. The van der Waals surface area contributed by atoms with Gasteiger partial charge in [-0.15, -0.1) is 11.3 Å². The fourth-order valence-corrected chi connectivity index (χ4v) is 4.53. The van der Waals surface area contributed by atoms with E-state index >= 15 is 0 Å². The van der Waals surface area contributed by atoms with Crippen LogP contribution in [0, 0.1) is 0 Å². The van der Waals surface area contributed by atoms with Gasteiger partial charge in [0.25, 0.3) is 0 Å². The van der Waals surface area contributed by atoms with Gasteiger partial charge in [0.05, 0.1) is 19.8 Å². The molecule has 1 aliphatic rings. The number of hydrogen-bond acceptors (Lipinski definition) is 11. The molecule has 0 aliphatic carbocycles. The average Bonchev–Trinajstić information content (AvgIpc) is 3.02. The van der Waals surface area contributed by atoms with Gasteiger partial charge < -0.3 is 19.8 Å². The van der Waals surface area contributed by atoms with Crippen molar-refractivity contribution < 1.29 is 27.9 Å². The predicted octanol–water partition coefficient (Wildman–Crippen LogP) is 2.81. The van der Waals surface area contributed by atoms with E-state index in [-0.39, 0.29) is 29.8 Å². The molecule has 0 amide bonds. The Bertz CT molecular complexity index is 667. The lowest BCUT2D eigenvalue weighted by Crippen LogP contribution is -2.24. The zero-order valence-electron chi connectivity index (χ0n) is 14.6. The largest absolute Gasteiger partial charge is 0.386 e. The van der Waals surface area contributed by atoms with Crippen molar-refractivity contribution in [2.24, 2.45) is 5.16 Å². The topological polar surface area (TPSA) is 114 Å². The van der Waals surface area contributed by atoms with Crippen LogP contribution in [0.1, 0.15) is 38.8 Å². The second-order valence-electron chi connectivity index (χ2n) is 5.07. The van der Waals surface area contributed by atoms with Gasteiger partial charge in [-0.2, -0.15) is 0 Å². The van der Waals surface area contributed by atoms with Gasteiger partial charge in [0.15, 0.2) is 5.13 Å². The molecule has 26 heavy (non-hydrogen) atoms. The highest BCUT2D eigenvalue weighted by molar-refractivity contribution is 8.07. The van der Waals surface area contributed by atoms with Gasteiger partial charge in [-0.05, 0) is 26.7 Å². The zero-order valence-corrected chi connectivity index (χ0v) is 17.1. The van der Waals surface area contributed by atoms with Crippen LogP contribution in [0.4, 0.5) is 5.13 Å². The molecule has 0 radical (unpaired) electrons. The summed E-state index contributed by atoms with van der Waals surface area (Å²) in [6, 6.07) is 0. The van der Waals surface area contributed by atoms with Crippen molar-refractivity contribution in [3.63, 3.8) is 0 Å². The maximum absolute atomic E-state index is 12.6. The van der Waals surface area contributed by atoms with Crippen LogP contribution in [-0.4, -0.2) is 42.8 Å². The third-order valence-electron chi connectivity index (χ3n) is 3.13. The fraction of sp³-hybridized carbons (Fsp3) is 0.643. The number of nitrogen functional groups attached to an aromatic ring is 1. The van der Waals surface area contributed by atoms with Crippen molar-refractivity contribution in [1.82, 2.24) is 4.98 Å². The number of carbonyl (C=O) groups is 1. The summed E-state index contributed by atoms with van der Waals surface area (Å²) in [6.45, 7) is 1.29. The summed E-state index contributed by atoms with van der Waals surface area (Å²) in [6.07, 6.45) is 2.08. The van der Waals surface area contributed by atoms with Crippen LogP contribution in [0.15, 0.2) is 10.5 Å². The predicted molar refractivity (Wildman–Crippen MR) is 101 cm³/mol. The third-order valence-corrected chi connectivity index (χ3v) is 6.19. The lowest BCUT2D eigenvalue weighted by molar-refractivity contribution is -0.162. The normalized spacial score (nSPS) is 18.5. The Hall–Kier alpha value is -1.10. The zero-order chi connectivity index (χ0) is 19.0. The van der Waals surface area contributed by atoms with E-state index in [9.17, 15) is 4.79 Å². The number of hydrogen-bond donors (Lipinski definition) is 1. The van der Waals surface area contributed by atoms with Gasteiger partial charge >= 0.3 is 12.7 Å². The standard InChI is InChI=1S/C14H22N3O6PS2/c1-3-20-24(25,21-4-2)23-13(18)12(10-9-26-14(15)16-10)17-22-11-7-5-6-8-19-11/h9,11H,3-8H2,1-2H3,(H2,15,16)/b17-12-. The molecule has 1 aromatic heterocycles. The molecule has 1 aliphatic heterocycles. The van der Waals surface area contributed by atoms with Crippen molar-refractivity contribution in [1.29, 1.82) is 0 Å². The van der Waals surface area contributed by atoms with Gasteiger partial charge in [-0.1, -0.05) is 5.16 Å². The van der Waals surface area contributed by atoms with E-state index < -0.39 is 19.0 Å². The average molecular weight is 423 g/mol. The molecule has 2 N–H and O–H groups in total. The highest BCUT2D eigenvalue weighted by Crippen LogP contribution is 2.50. The summed E-state index contributed by atoms with van der Waals surface area (Å²) in [5.74, 6) is -0.851. The Kier molecular flexibility index (Phi) is 8.39. The summed E-state index contributed by atoms with van der Waals surface area (Å²) in [5.41, 5.74) is 5.71. The molecular formula is C14H22N3O6PS2. The number of aromatic nitrogens is 1. The molecule has 0 saturated carbocycles. The van der Waals surface area contributed by atoms with Crippen LogP contribution in [0.5, 0.6) is 0 Å². The summed E-state index contributed by atoms with van der Waals surface area (Å²) in [4.78, 5) is 22.1. The monoisotopic (exact) mass is 423 g/mol. The van der Waals surface area contributed by atoms with Crippen molar-refractivity contribution in [3.8, 4) is 0 Å². The first-order chi connectivity index (χ1) is 12.5. The van der Waals surface area contributed by atoms with Crippen LogP contribution in [0.2, 0.25) is 0 Å². The lowest BCUT2D eigenvalue weighted by Gasteiger charge is -2.21. The van der Waals surface area contributed by atoms with Crippen LogP contribution < -0.4 is 5.73 Å². The minimum atomic E-state index is -3.24. The number of rotatable bonds is 9. The summed E-state index contributed by atoms with van der Waals surface area (Å²) >= 11 is 6.38. The summed E-state index contributed by atoms with van der Waals surface area (Å²) < 4.78 is 21.4. The van der Waals surface area contributed by atoms with Crippen LogP contribution in [0.25, 0.3) is 0 Å². The number of nitrogens with zero attached hydrogens (tertiary/aromatic N) is 2. The molecule has 146 valence electrons. The van der Waals surface area contributed by atoms with E-state index in [4.69, 9.17) is 40.7 Å². The van der Waals surface area contributed by atoms with Crippen molar-refractivity contribution in [2.75, 3.05) is 25.6 Å². The Balaban J connectivity index is 2.19. The maximum Gasteiger partial charge on any atom is 0.383 e. The van der Waals surface area contributed by atoms with Crippen LogP contribution in [0.3, 0.4) is 0 Å². The number of carbonyl (C=O) groups excluding carboxylic acids is 1.